The van der Waals surface area contributed by atoms with Crippen LogP contribution in [0.15, 0.2) is 18.3 Å². The topological polar surface area (TPSA) is 35.2 Å². The van der Waals surface area contributed by atoms with Gasteiger partial charge in [-0.25, -0.2) is 4.98 Å². The zero-order chi connectivity index (χ0) is 8.10. The van der Waals surface area contributed by atoms with E-state index in [0.29, 0.717) is 0 Å². The molecule has 1 rings (SSSR count). The third kappa shape index (κ3) is 2.58. The van der Waals surface area contributed by atoms with Crippen molar-refractivity contribution in [1.29, 1.82) is 0 Å². The van der Waals surface area contributed by atoms with E-state index in [1.54, 1.807) is 12.3 Å². The molecule has 0 bridgehead atoms. The molecule has 0 atom stereocenters. The van der Waals surface area contributed by atoms with Gasteiger partial charge in [0.2, 0.25) is 0 Å². The van der Waals surface area contributed by atoms with Crippen molar-refractivity contribution in [3.8, 4) is 0 Å². The number of unbranched alkanes of at least 4 members (excludes halogenated alkanes) is 1. The minimum Gasteiger partial charge on any atom is -0.236 e. The standard InChI is InChI=1S/C9H12N2/c1-2-3-4-8-5-6-11-9(10)7-8/h5-7H,2-4H2,1H3. The Labute approximate surface area is 67.5 Å². The SMILES string of the molecule is CCCCc1ccnc([N])c1. The van der Waals surface area contributed by atoms with Gasteiger partial charge in [0.25, 0.3) is 0 Å². The van der Waals surface area contributed by atoms with Crippen molar-refractivity contribution in [3.05, 3.63) is 23.9 Å². The van der Waals surface area contributed by atoms with Crippen LogP contribution in [-0.4, -0.2) is 4.98 Å². The van der Waals surface area contributed by atoms with Gasteiger partial charge in [-0.05, 0) is 30.5 Å². The van der Waals surface area contributed by atoms with Gasteiger partial charge < -0.3 is 0 Å². The molecule has 2 nitrogen and oxygen atoms in total. The van der Waals surface area contributed by atoms with Crippen LogP contribution in [0, 0.1) is 0 Å². The second-order valence-electron chi connectivity index (χ2n) is 2.63. The Morgan fingerprint density at radius 2 is 2.36 bits per heavy atom. The zero-order valence-corrected chi connectivity index (χ0v) is 6.75. The summed E-state index contributed by atoms with van der Waals surface area (Å²) in [6, 6.07) is 3.66. The lowest BCUT2D eigenvalue weighted by Gasteiger charge is -1.97. The number of rotatable bonds is 3. The van der Waals surface area contributed by atoms with E-state index in [2.05, 4.69) is 11.9 Å². The molecule has 11 heavy (non-hydrogen) atoms. The normalized spacial score (nSPS) is 9.91. The molecule has 0 aromatic carbocycles. The van der Waals surface area contributed by atoms with Crippen molar-refractivity contribution in [2.45, 2.75) is 26.2 Å². The highest BCUT2D eigenvalue weighted by atomic mass is 14.8. The van der Waals surface area contributed by atoms with E-state index in [4.69, 9.17) is 5.73 Å². The van der Waals surface area contributed by atoms with Gasteiger partial charge in [0, 0.05) is 6.20 Å². The Kier molecular flexibility index (Phi) is 2.90. The summed E-state index contributed by atoms with van der Waals surface area (Å²) in [6.07, 6.45) is 5.03. The minimum absolute atomic E-state index is 0.124. The van der Waals surface area contributed by atoms with Gasteiger partial charge in [0.1, 0.15) is 0 Å². The van der Waals surface area contributed by atoms with E-state index in [9.17, 15) is 0 Å². The van der Waals surface area contributed by atoms with Crippen molar-refractivity contribution in [3.63, 3.8) is 0 Å². The van der Waals surface area contributed by atoms with Crippen LogP contribution in [0.1, 0.15) is 25.3 Å². The van der Waals surface area contributed by atoms with Crippen molar-refractivity contribution in [1.82, 2.24) is 10.7 Å². The molecule has 0 spiro atoms. The van der Waals surface area contributed by atoms with E-state index in [-0.39, 0.29) is 5.82 Å². The van der Waals surface area contributed by atoms with Gasteiger partial charge in [-0.1, -0.05) is 13.3 Å². The molecule has 0 saturated carbocycles. The van der Waals surface area contributed by atoms with Crippen LogP contribution >= 0.6 is 0 Å². The van der Waals surface area contributed by atoms with Crippen LogP contribution < -0.4 is 5.73 Å². The largest absolute Gasteiger partial charge is 0.236 e. The third-order valence-electron chi connectivity index (χ3n) is 1.63. The molecular weight excluding hydrogens is 136 g/mol. The summed E-state index contributed by atoms with van der Waals surface area (Å²) in [7, 11) is 0. The molecule has 0 amide bonds. The van der Waals surface area contributed by atoms with Crippen molar-refractivity contribution >= 4 is 5.82 Å². The smallest absolute Gasteiger partial charge is 0.174 e. The molecule has 58 valence electrons. The monoisotopic (exact) mass is 148 g/mol. The fraction of sp³-hybridized carbons (Fsp3) is 0.444. The number of aromatic nitrogens is 1. The lowest BCUT2D eigenvalue weighted by atomic mass is 10.1. The fourth-order valence-electron chi connectivity index (χ4n) is 0.997. The van der Waals surface area contributed by atoms with Crippen LogP contribution in [0.5, 0.6) is 0 Å². The number of nitrogens with zero attached hydrogens (tertiary/aromatic N) is 2. The maximum absolute atomic E-state index is 9.00. The summed E-state index contributed by atoms with van der Waals surface area (Å²) in [5.74, 6) is 0.124. The molecule has 0 saturated heterocycles. The van der Waals surface area contributed by atoms with Crippen LogP contribution in [0.25, 0.3) is 0 Å². The third-order valence-corrected chi connectivity index (χ3v) is 1.63. The average molecular weight is 148 g/mol. The highest BCUT2D eigenvalue weighted by molar-refractivity contribution is 5.28. The number of hydrogen-bond donors (Lipinski definition) is 0. The van der Waals surface area contributed by atoms with E-state index in [0.717, 1.165) is 6.42 Å². The molecule has 0 fully saturated rings. The van der Waals surface area contributed by atoms with Crippen molar-refractivity contribution in [2.24, 2.45) is 0 Å². The quantitative estimate of drug-likeness (QED) is 0.646. The molecule has 0 aliphatic heterocycles. The molecular formula is C9H12N2. The molecule has 0 aliphatic carbocycles. The molecule has 1 aromatic rings. The number of pyridine rings is 1. The predicted octanol–water partition coefficient (Wildman–Crippen LogP) is 2.12. The first-order chi connectivity index (χ1) is 5.33. The molecule has 2 radical (unpaired) electrons. The molecule has 1 aromatic heterocycles. The summed E-state index contributed by atoms with van der Waals surface area (Å²) in [5, 5.41) is 0. The lowest BCUT2D eigenvalue weighted by Crippen LogP contribution is -1.86. The van der Waals surface area contributed by atoms with Gasteiger partial charge in [-0.15, -0.1) is 5.73 Å². The van der Waals surface area contributed by atoms with Crippen LogP contribution in [0.4, 0.5) is 5.82 Å². The predicted molar refractivity (Wildman–Crippen MR) is 44.6 cm³/mol. The maximum atomic E-state index is 9.00. The van der Waals surface area contributed by atoms with E-state index >= 15 is 0 Å². The van der Waals surface area contributed by atoms with E-state index < -0.39 is 0 Å². The summed E-state index contributed by atoms with van der Waals surface area (Å²) in [5.41, 5.74) is 10.2. The minimum atomic E-state index is 0.124. The van der Waals surface area contributed by atoms with Crippen LogP contribution in [0.3, 0.4) is 0 Å². The Morgan fingerprint density at radius 3 is 3.00 bits per heavy atom. The van der Waals surface area contributed by atoms with Gasteiger partial charge in [0.15, 0.2) is 5.82 Å². The Hall–Kier alpha value is -1.05. The van der Waals surface area contributed by atoms with Gasteiger partial charge >= 0.3 is 0 Å². The van der Waals surface area contributed by atoms with E-state index in [1.165, 1.54) is 18.4 Å². The second kappa shape index (κ2) is 3.96. The average Bonchev–Trinajstić information content (AvgIpc) is 2.01. The molecule has 0 aliphatic rings. The maximum Gasteiger partial charge on any atom is 0.174 e. The number of hydrogen-bond acceptors (Lipinski definition) is 1. The van der Waals surface area contributed by atoms with Crippen LogP contribution in [0.2, 0.25) is 0 Å². The highest BCUT2D eigenvalue weighted by Gasteiger charge is 1.93. The van der Waals surface area contributed by atoms with Crippen molar-refractivity contribution < 1.29 is 0 Å². The van der Waals surface area contributed by atoms with Crippen LogP contribution in [-0.2, 0) is 6.42 Å². The summed E-state index contributed by atoms with van der Waals surface area (Å²) in [4.78, 5) is 3.70. The first kappa shape index (κ1) is 8.05. The Balaban J connectivity index is 2.56. The zero-order valence-electron chi connectivity index (χ0n) is 6.75. The first-order valence-electron chi connectivity index (χ1n) is 3.97. The van der Waals surface area contributed by atoms with Gasteiger partial charge in [0.05, 0.1) is 0 Å². The highest BCUT2D eigenvalue weighted by Crippen LogP contribution is 2.07. The summed E-state index contributed by atoms with van der Waals surface area (Å²) < 4.78 is 0. The molecule has 2 heteroatoms. The summed E-state index contributed by atoms with van der Waals surface area (Å²) in [6.45, 7) is 2.15. The molecule has 0 N–H and O–H groups in total. The molecule has 1 heterocycles. The summed E-state index contributed by atoms with van der Waals surface area (Å²) >= 11 is 0. The fourth-order valence-corrected chi connectivity index (χ4v) is 0.997. The second-order valence-corrected chi connectivity index (χ2v) is 2.63. The van der Waals surface area contributed by atoms with Gasteiger partial charge in [-0.3, -0.25) is 0 Å². The van der Waals surface area contributed by atoms with Crippen molar-refractivity contribution in [2.75, 3.05) is 0 Å². The molecule has 0 unspecified atom stereocenters. The number of aryl methyl sites for hydroxylation is 1. The Morgan fingerprint density at radius 1 is 1.55 bits per heavy atom. The Bertz CT molecular complexity index is 221. The first-order valence-corrected chi connectivity index (χ1v) is 3.97. The van der Waals surface area contributed by atoms with Gasteiger partial charge in [-0.2, -0.15) is 0 Å². The van der Waals surface area contributed by atoms with E-state index in [1.807, 2.05) is 6.07 Å². The lowest BCUT2D eigenvalue weighted by molar-refractivity contribution is 0.794.